The first kappa shape index (κ1) is 15.8. The van der Waals surface area contributed by atoms with Crippen molar-refractivity contribution in [3.05, 3.63) is 34.6 Å². The van der Waals surface area contributed by atoms with Crippen LogP contribution in [0.15, 0.2) is 29.1 Å². The van der Waals surface area contributed by atoms with Gasteiger partial charge in [-0.25, -0.2) is 5.10 Å². The summed E-state index contributed by atoms with van der Waals surface area (Å²) in [5, 5.41) is 11.9. The molecule has 114 valence electrons. The van der Waals surface area contributed by atoms with Crippen molar-refractivity contribution in [2.24, 2.45) is 0 Å². The molecule has 1 aliphatic rings. The van der Waals surface area contributed by atoms with Crippen molar-refractivity contribution >= 4 is 29.0 Å². The molecule has 6 heteroatoms. The van der Waals surface area contributed by atoms with E-state index in [1.807, 2.05) is 31.3 Å². The Balaban J connectivity index is 0.00000161. The number of rotatable bonds is 2. The Hall–Kier alpha value is -1.59. The first-order valence-corrected chi connectivity index (χ1v) is 7.19. The van der Waals surface area contributed by atoms with E-state index in [9.17, 15) is 4.79 Å². The third kappa shape index (κ3) is 3.19. The molecule has 0 saturated carbocycles. The van der Waals surface area contributed by atoms with E-state index in [-0.39, 0.29) is 18.0 Å². The maximum absolute atomic E-state index is 11.9. The molecule has 21 heavy (non-hydrogen) atoms. The minimum Gasteiger partial charge on any atom is -0.353 e. The van der Waals surface area contributed by atoms with Gasteiger partial charge in [0.1, 0.15) is 0 Å². The van der Waals surface area contributed by atoms with Gasteiger partial charge in [-0.05, 0) is 26.0 Å². The van der Waals surface area contributed by atoms with Gasteiger partial charge in [0.2, 0.25) is 0 Å². The topological polar surface area (TPSA) is 61.0 Å². The first-order chi connectivity index (χ1) is 9.79. The van der Waals surface area contributed by atoms with Crippen molar-refractivity contribution in [3.8, 4) is 0 Å². The van der Waals surface area contributed by atoms with Crippen LogP contribution in [0.2, 0.25) is 0 Å². The quantitative estimate of drug-likeness (QED) is 0.890. The highest BCUT2D eigenvalue weighted by Gasteiger charge is 2.20. The van der Waals surface area contributed by atoms with Crippen molar-refractivity contribution in [1.82, 2.24) is 15.5 Å². The molecule has 0 radical (unpaired) electrons. The monoisotopic (exact) mass is 308 g/mol. The summed E-state index contributed by atoms with van der Waals surface area (Å²) in [5.41, 5.74) is -0.121. The van der Waals surface area contributed by atoms with E-state index in [0.29, 0.717) is 11.4 Å². The number of nitrogens with one attached hydrogen (secondary N) is 2. The van der Waals surface area contributed by atoms with Crippen molar-refractivity contribution in [3.63, 3.8) is 0 Å². The summed E-state index contributed by atoms with van der Waals surface area (Å²) in [6, 6.07) is 8.16. The fourth-order valence-electron chi connectivity index (χ4n) is 2.91. The van der Waals surface area contributed by atoms with Crippen LogP contribution in [0.5, 0.6) is 0 Å². The average Bonchev–Trinajstić information content (AvgIpc) is 2.73. The largest absolute Gasteiger partial charge is 0.353 e. The second-order valence-electron chi connectivity index (χ2n) is 5.35. The second kappa shape index (κ2) is 6.91. The lowest BCUT2D eigenvalue weighted by atomic mass is 10.1. The van der Waals surface area contributed by atoms with Gasteiger partial charge in [0.05, 0.1) is 5.39 Å². The van der Waals surface area contributed by atoms with Gasteiger partial charge in [-0.3, -0.25) is 4.79 Å². The number of benzene rings is 1. The Kier molecular flexibility index (Phi) is 5.20. The maximum atomic E-state index is 11.9. The number of halogens is 1. The van der Waals surface area contributed by atoms with Gasteiger partial charge in [-0.1, -0.05) is 24.6 Å². The molecule has 2 heterocycles. The van der Waals surface area contributed by atoms with Crippen LogP contribution < -0.4 is 15.8 Å². The van der Waals surface area contributed by atoms with Crippen molar-refractivity contribution < 1.29 is 0 Å². The molecule has 1 fully saturated rings. The van der Waals surface area contributed by atoms with E-state index in [0.717, 1.165) is 30.7 Å². The van der Waals surface area contributed by atoms with Crippen LogP contribution in [0.3, 0.4) is 0 Å². The van der Waals surface area contributed by atoms with E-state index in [4.69, 9.17) is 0 Å². The normalized spacial score (nSPS) is 19.1. The summed E-state index contributed by atoms with van der Waals surface area (Å²) in [6.07, 6.45) is 3.57. The average molecular weight is 309 g/mol. The number of hydrogen-bond donors (Lipinski definition) is 2. The molecule has 3 rings (SSSR count). The predicted molar refractivity (Wildman–Crippen MR) is 88.5 cm³/mol. The summed E-state index contributed by atoms with van der Waals surface area (Å²) < 4.78 is 0. The van der Waals surface area contributed by atoms with Crippen LogP contribution in [0, 0.1) is 0 Å². The Morgan fingerprint density at radius 2 is 2.05 bits per heavy atom. The molecule has 0 bridgehead atoms. The third-order valence-electron chi connectivity index (χ3n) is 4.06. The number of hydrogen-bond acceptors (Lipinski definition) is 4. The third-order valence-corrected chi connectivity index (χ3v) is 4.06. The fourth-order valence-corrected chi connectivity index (χ4v) is 2.91. The van der Waals surface area contributed by atoms with Gasteiger partial charge >= 0.3 is 0 Å². The van der Waals surface area contributed by atoms with Gasteiger partial charge < -0.3 is 10.2 Å². The molecule has 1 unspecified atom stereocenters. The number of fused-ring (bicyclic) bond motifs is 1. The van der Waals surface area contributed by atoms with E-state index in [2.05, 4.69) is 20.4 Å². The maximum Gasteiger partial charge on any atom is 0.272 e. The molecule has 1 saturated heterocycles. The van der Waals surface area contributed by atoms with Gasteiger partial charge in [0, 0.05) is 24.5 Å². The predicted octanol–water partition coefficient (Wildman–Crippen LogP) is 1.92. The smallest absolute Gasteiger partial charge is 0.272 e. The zero-order valence-electron chi connectivity index (χ0n) is 12.1. The zero-order valence-corrected chi connectivity index (χ0v) is 12.9. The molecular weight excluding hydrogens is 288 g/mol. The van der Waals surface area contributed by atoms with Crippen LogP contribution in [0.25, 0.3) is 10.8 Å². The molecule has 0 aliphatic carbocycles. The van der Waals surface area contributed by atoms with Crippen LogP contribution >= 0.6 is 12.4 Å². The fraction of sp³-hybridized carbons (Fsp3) is 0.467. The molecule has 5 nitrogen and oxygen atoms in total. The van der Waals surface area contributed by atoms with Crippen LogP contribution in [-0.4, -0.2) is 36.4 Å². The van der Waals surface area contributed by atoms with E-state index in [1.54, 1.807) is 0 Å². The highest BCUT2D eigenvalue weighted by Crippen LogP contribution is 2.23. The van der Waals surface area contributed by atoms with Gasteiger partial charge in [0.25, 0.3) is 5.56 Å². The lowest BCUT2D eigenvalue weighted by molar-refractivity contribution is 0.531. The summed E-state index contributed by atoms with van der Waals surface area (Å²) in [7, 11) is 2.01. The van der Waals surface area contributed by atoms with Gasteiger partial charge in [-0.2, -0.15) is 5.10 Å². The molecule has 1 aliphatic heterocycles. The van der Waals surface area contributed by atoms with Crippen LogP contribution in [0.4, 0.5) is 5.82 Å². The van der Waals surface area contributed by atoms with E-state index < -0.39 is 0 Å². The van der Waals surface area contributed by atoms with Gasteiger partial charge in [-0.15, -0.1) is 12.4 Å². The molecule has 0 spiro atoms. The number of aromatic nitrogens is 2. The molecule has 1 atom stereocenters. The Bertz CT molecular complexity index is 657. The highest BCUT2D eigenvalue weighted by molar-refractivity contribution is 5.91. The number of aromatic amines is 1. The number of nitrogens with zero attached hydrogens (tertiary/aromatic N) is 2. The highest BCUT2D eigenvalue weighted by atomic mass is 35.5. The SMILES string of the molecule is CNC1CCCCN(c2n[nH]c(=O)c3ccccc23)C1.Cl. The number of anilines is 1. The summed E-state index contributed by atoms with van der Waals surface area (Å²) in [6.45, 7) is 1.92. The zero-order chi connectivity index (χ0) is 13.9. The molecule has 1 aromatic heterocycles. The van der Waals surface area contributed by atoms with E-state index in [1.165, 1.54) is 12.8 Å². The lowest BCUT2D eigenvalue weighted by Gasteiger charge is -2.25. The molecule has 2 N–H and O–H groups in total. The minimum absolute atomic E-state index is 0. The number of likely N-dealkylation sites (N-methyl/N-ethyl adjacent to an activating group) is 1. The molecule has 0 amide bonds. The van der Waals surface area contributed by atoms with Crippen molar-refractivity contribution in [2.45, 2.75) is 25.3 Å². The molecule has 1 aromatic carbocycles. The van der Waals surface area contributed by atoms with Crippen LogP contribution in [-0.2, 0) is 0 Å². The Morgan fingerprint density at radius 1 is 1.29 bits per heavy atom. The van der Waals surface area contributed by atoms with Gasteiger partial charge in [0.15, 0.2) is 5.82 Å². The lowest BCUT2D eigenvalue weighted by Crippen LogP contribution is -2.38. The number of H-pyrrole nitrogens is 1. The standard InChI is InChI=1S/C15H20N4O.ClH/c1-16-11-6-4-5-9-19(10-11)14-12-7-2-3-8-13(12)15(20)18-17-14;/h2-3,7-8,11,16H,4-6,9-10H2,1H3,(H,18,20);1H. The van der Waals surface area contributed by atoms with Crippen molar-refractivity contribution in [2.75, 3.05) is 25.0 Å². The van der Waals surface area contributed by atoms with E-state index >= 15 is 0 Å². The van der Waals surface area contributed by atoms with Crippen LogP contribution in [0.1, 0.15) is 19.3 Å². The second-order valence-corrected chi connectivity index (χ2v) is 5.35. The first-order valence-electron chi connectivity index (χ1n) is 7.19. The summed E-state index contributed by atoms with van der Waals surface area (Å²) in [4.78, 5) is 14.1. The Labute approximate surface area is 130 Å². The minimum atomic E-state index is -0.121. The summed E-state index contributed by atoms with van der Waals surface area (Å²) >= 11 is 0. The Morgan fingerprint density at radius 3 is 2.81 bits per heavy atom. The molecule has 2 aromatic rings. The summed E-state index contributed by atoms with van der Waals surface area (Å²) in [5.74, 6) is 0.891. The molecular formula is C15H21ClN4O. The van der Waals surface area contributed by atoms with Crippen molar-refractivity contribution in [1.29, 1.82) is 0 Å².